The number of fused-ring (bicyclic) bond motifs is 4. The van der Waals surface area contributed by atoms with Crippen LogP contribution in [0.25, 0.3) is 10.9 Å². The first-order chi connectivity index (χ1) is 17.1. The number of phenols is 1. The lowest BCUT2D eigenvalue weighted by Crippen LogP contribution is -2.58. The number of ether oxygens (including phenoxy) is 1. The Morgan fingerprint density at radius 2 is 1.89 bits per heavy atom. The van der Waals surface area contributed by atoms with Crippen LogP contribution in [0.3, 0.4) is 0 Å². The Kier molecular flexibility index (Phi) is 5.95. The largest absolute Gasteiger partial charge is 0.507 e. The second kappa shape index (κ2) is 8.85. The fraction of sp³-hybridized carbons (Fsp3) is 0.429. The Labute approximate surface area is 210 Å². The first kappa shape index (κ1) is 24.2. The van der Waals surface area contributed by atoms with Crippen molar-refractivity contribution in [3.8, 4) is 11.5 Å². The molecular weight excluding hydrogens is 458 g/mol. The van der Waals surface area contributed by atoms with Crippen molar-refractivity contribution in [1.29, 1.82) is 0 Å². The number of nitrogens with one attached hydrogen (secondary N) is 2. The number of para-hydroxylation sites is 1. The van der Waals surface area contributed by atoms with Crippen molar-refractivity contribution in [3.05, 3.63) is 57.8 Å². The molecule has 5 rings (SSSR count). The summed E-state index contributed by atoms with van der Waals surface area (Å²) in [5.74, 6) is 0.115. The van der Waals surface area contributed by atoms with Crippen molar-refractivity contribution in [1.82, 2.24) is 15.2 Å². The standard InChI is InChI=1S/C28H33N3O5/c1-15-16(2)25-18(17(3)24(15)33)9-11-28(4,36-25)27(35)30-23(14-32)26(34)31-12-10-20-19-7-5-6-8-21(19)29-22(20)13-31/h5-8,23,29,32-33H,9-14H2,1-4H3,(H,30,35)/t23-,28?/m0/s1. The number of nitrogens with zero attached hydrogens (tertiary/aromatic N) is 1. The lowest BCUT2D eigenvalue weighted by Gasteiger charge is -2.38. The first-order valence-electron chi connectivity index (χ1n) is 12.4. The predicted octanol–water partition coefficient (Wildman–Crippen LogP) is 2.94. The van der Waals surface area contributed by atoms with Gasteiger partial charge in [0.15, 0.2) is 5.60 Å². The van der Waals surface area contributed by atoms with E-state index in [0.29, 0.717) is 38.1 Å². The summed E-state index contributed by atoms with van der Waals surface area (Å²) in [4.78, 5) is 31.8. The number of carbonyl (C=O) groups is 2. The van der Waals surface area contributed by atoms with E-state index in [0.717, 1.165) is 33.5 Å². The number of aromatic amines is 1. The van der Waals surface area contributed by atoms with Crippen molar-refractivity contribution < 1.29 is 24.5 Å². The maximum absolute atomic E-state index is 13.4. The number of hydrogen-bond donors (Lipinski definition) is 4. The molecule has 2 atom stereocenters. The molecule has 0 spiro atoms. The fourth-order valence-electron chi connectivity index (χ4n) is 5.51. The quantitative estimate of drug-likeness (QED) is 0.448. The number of phenolic OH excluding ortho intramolecular Hbond substituents is 1. The molecule has 4 N–H and O–H groups in total. The highest BCUT2D eigenvalue weighted by Gasteiger charge is 2.42. The van der Waals surface area contributed by atoms with Gasteiger partial charge in [-0.3, -0.25) is 9.59 Å². The van der Waals surface area contributed by atoms with Crippen LogP contribution >= 0.6 is 0 Å². The Hall–Kier alpha value is -3.52. The molecule has 3 aromatic rings. The van der Waals surface area contributed by atoms with E-state index in [-0.39, 0.29) is 11.7 Å². The zero-order chi connectivity index (χ0) is 25.8. The summed E-state index contributed by atoms with van der Waals surface area (Å²) in [7, 11) is 0. The number of rotatable bonds is 4. The lowest BCUT2D eigenvalue weighted by molar-refractivity contribution is -0.144. The molecule has 2 aliphatic rings. The van der Waals surface area contributed by atoms with Crippen LogP contribution in [0.2, 0.25) is 0 Å². The van der Waals surface area contributed by atoms with Gasteiger partial charge in [-0.2, -0.15) is 0 Å². The smallest absolute Gasteiger partial charge is 0.264 e. The molecule has 190 valence electrons. The predicted molar refractivity (Wildman–Crippen MR) is 136 cm³/mol. The molecule has 8 nitrogen and oxygen atoms in total. The number of aliphatic hydroxyl groups excluding tert-OH is 1. The Morgan fingerprint density at radius 1 is 1.14 bits per heavy atom. The van der Waals surface area contributed by atoms with Crippen molar-refractivity contribution in [2.45, 2.75) is 65.1 Å². The molecule has 0 bridgehead atoms. The Bertz CT molecular complexity index is 1380. The van der Waals surface area contributed by atoms with Crippen LogP contribution in [0.4, 0.5) is 0 Å². The van der Waals surface area contributed by atoms with Gasteiger partial charge in [0.25, 0.3) is 5.91 Å². The molecule has 1 aromatic heterocycles. The SMILES string of the molecule is Cc1c(C)c2c(c(C)c1O)CCC(C)(C(=O)N[C@@H](CO)C(=O)N1CCc3c([nH]c4ccccc34)C1)O2. The van der Waals surface area contributed by atoms with Gasteiger partial charge in [-0.15, -0.1) is 0 Å². The molecule has 8 heteroatoms. The van der Waals surface area contributed by atoms with Gasteiger partial charge in [-0.25, -0.2) is 0 Å². The zero-order valence-electron chi connectivity index (χ0n) is 21.2. The van der Waals surface area contributed by atoms with Crippen molar-refractivity contribution in [2.24, 2.45) is 0 Å². The number of H-pyrrole nitrogens is 1. The van der Waals surface area contributed by atoms with E-state index >= 15 is 0 Å². The molecule has 1 unspecified atom stereocenters. The summed E-state index contributed by atoms with van der Waals surface area (Å²) in [6, 6.07) is 7.02. The van der Waals surface area contributed by atoms with Crippen LogP contribution in [0, 0.1) is 20.8 Å². The topological polar surface area (TPSA) is 115 Å². The monoisotopic (exact) mass is 491 g/mol. The van der Waals surface area contributed by atoms with Gasteiger partial charge >= 0.3 is 0 Å². The second-order valence-electron chi connectivity index (χ2n) is 10.2. The molecule has 0 saturated carbocycles. The minimum Gasteiger partial charge on any atom is -0.507 e. The number of benzene rings is 2. The van der Waals surface area contributed by atoms with Crippen LogP contribution < -0.4 is 10.1 Å². The highest BCUT2D eigenvalue weighted by molar-refractivity contribution is 5.92. The zero-order valence-corrected chi connectivity index (χ0v) is 21.2. The van der Waals surface area contributed by atoms with E-state index in [2.05, 4.69) is 16.4 Å². The Morgan fingerprint density at radius 3 is 2.64 bits per heavy atom. The average molecular weight is 492 g/mol. The number of hydrogen-bond acceptors (Lipinski definition) is 5. The molecule has 2 aliphatic heterocycles. The summed E-state index contributed by atoms with van der Waals surface area (Å²) in [6.45, 7) is 7.66. The second-order valence-corrected chi connectivity index (χ2v) is 10.2. The van der Waals surface area contributed by atoms with Crippen LogP contribution in [0.15, 0.2) is 24.3 Å². The Balaban J connectivity index is 1.32. The number of aliphatic hydroxyl groups is 1. The third-order valence-electron chi connectivity index (χ3n) is 7.98. The molecule has 0 radical (unpaired) electrons. The van der Waals surface area contributed by atoms with E-state index < -0.39 is 24.2 Å². The van der Waals surface area contributed by atoms with Gasteiger partial charge in [0, 0.05) is 35.1 Å². The molecule has 2 amide bonds. The maximum atomic E-state index is 13.4. The molecule has 36 heavy (non-hydrogen) atoms. The van der Waals surface area contributed by atoms with Gasteiger partial charge in [-0.1, -0.05) is 18.2 Å². The van der Waals surface area contributed by atoms with Crippen molar-refractivity contribution in [2.75, 3.05) is 13.2 Å². The lowest BCUT2D eigenvalue weighted by atomic mass is 9.86. The van der Waals surface area contributed by atoms with Gasteiger partial charge in [0.2, 0.25) is 5.91 Å². The van der Waals surface area contributed by atoms with Crippen LogP contribution in [-0.2, 0) is 29.0 Å². The number of aromatic hydroxyl groups is 1. The highest BCUT2D eigenvalue weighted by atomic mass is 16.5. The first-order valence-corrected chi connectivity index (χ1v) is 12.4. The fourth-order valence-corrected chi connectivity index (χ4v) is 5.51. The number of carbonyl (C=O) groups excluding carboxylic acids is 2. The third kappa shape index (κ3) is 3.80. The molecule has 3 heterocycles. The number of aromatic nitrogens is 1. The summed E-state index contributed by atoms with van der Waals surface area (Å²) in [5.41, 5.74) is 5.23. The minimum atomic E-state index is -1.20. The van der Waals surface area contributed by atoms with Crippen LogP contribution in [0.1, 0.15) is 46.9 Å². The summed E-state index contributed by atoms with van der Waals surface area (Å²) in [5, 5.41) is 24.4. The molecule has 0 aliphatic carbocycles. The van der Waals surface area contributed by atoms with Gasteiger partial charge in [0.05, 0.1) is 13.2 Å². The van der Waals surface area contributed by atoms with Crippen LogP contribution in [-0.4, -0.2) is 56.7 Å². The van der Waals surface area contributed by atoms with Gasteiger partial charge in [-0.05, 0) is 68.9 Å². The van der Waals surface area contributed by atoms with Gasteiger partial charge in [0.1, 0.15) is 17.5 Å². The molecular formula is C28H33N3O5. The average Bonchev–Trinajstić information content (AvgIpc) is 3.26. The summed E-state index contributed by atoms with van der Waals surface area (Å²) >= 11 is 0. The summed E-state index contributed by atoms with van der Waals surface area (Å²) < 4.78 is 6.24. The van der Waals surface area contributed by atoms with E-state index in [9.17, 15) is 19.8 Å². The normalized spacial score (nSPS) is 19.9. The van der Waals surface area contributed by atoms with E-state index in [4.69, 9.17) is 4.74 Å². The minimum absolute atomic E-state index is 0.258. The van der Waals surface area contributed by atoms with E-state index in [1.54, 1.807) is 11.8 Å². The number of amides is 2. The highest BCUT2D eigenvalue weighted by Crippen LogP contribution is 2.43. The van der Waals surface area contributed by atoms with E-state index in [1.165, 1.54) is 10.9 Å². The molecule has 0 saturated heterocycles. The van der Waals surface area contributed by atoms with Crippen molar-refractivity contribution in [3.63, 3.8) is 0 Å². The maximum Gasteiger partial charge on any atom is 0.264 e. The molecule has 2 aromatic carbocycles. The third-order valence-corrected chi connectivity index (χ3v) is 7.98. The van der Waals surface area contributed by atoms with Gasteiger partial charge < -0.3 is 30.2 Å². The van der Waals surface area contributed by atoms with E-state index in [1.807, 2.05) is 39.0 Å². The summed E-state index contributed by atoms with van der Waals surface area (Å²) in [6.07, 6.45) is 1.66. The van der Waals surface area contributed by atoms with Crippen LogP contribution in [0.5, 0.6) is 11.5 Å². The molecule has 0 fully saturated rings. The van der Waals surface area contributed by atoms with Crippen molar-refractivity contribution >= 4 is 22.7 Å².